The van der Waals surface area contributed by atoms with E-state index in [-0.39, 0.29) is 5.41 Å². The molecular formula is C18H28N2O. The molecule has 3 nitrogen and oxygen atoms in total. The van der Waals surface area contributed by atoms with E-state index in [1.54, 1.807) is 0 Å². The maximum atomic E-state index is 6.10. The van der Waals surface area contributed by atoms with Gasteiger partial charge >= 0.3 is 0 Å². The van der Waals surface area contributed by atoms with Crippen molar-refractivity contribution in [1.29, 1.82) is 0 Å². The summed E-state index contributed by atoms with van der Waals surface area (Å²) < 4.78 is 6.10. The molecule has 0 fully saturated rings. The van der Waals surface area contributed by atoms with E-state index >= 15 is 0 Å². The Kier molecular flexibility index (Phi) is 4.74. The third-order valence-corrected chi connectivity index (χ3v) is 4.44. The molecule has 0 spiro atoms. The van der Waals surface area contributed by atoms with E-state index < -0.39 is 0 Å². The first-order valence-electron chi connectivity index (χ1n) is 7.68. The van der Waals surface area contributed by atoms with Crippen LogP contribution in [-0.4, -0.2) is 25.0 Å². The predicted octanol–water partition coefficient (Wildman–Crippen LogP) is 4.02. The first kappa shape index (κ1) is 16.1. The molecule has 1 atom stereocenters. The molecule has 0 saturated heterocycles. The first-order valence-corrected chi connectivity index (χ1v) is 7.68. The molecule has 0 aliphatic carbocycles. The van der Waals surface area contributed by atoms with Crippen molar-refractivity contribution in [2.75, 3.05) is 14.1 Å². The third-order valence-electron chi connectivity index (χ3n) is 4.44. The number of rotatable bonds is 5. The van der Waals surface area contributed by atoms with E-state index in [4.69, 9.17) is 4.42 Å². The molecule has 1 aromatic heterocycles. The normalized spacial score (nSPS) is 14.0. The lowest BCUT2D eigenvalue weighted by Crippen LogP contribution is -2.38. The average molecular weight is 288 g/mol. The van der Waals surface area contributed by atoms with Crippen LogP contribution in [0.5, 0.6) is 0 Å². The second-order valence-electron chi connectivity index (χ2n) is 6.99. The van der Waals surface area contributed by atoms with Gasteiger partial charge in [-0.3, -0.25) is 4.90 Å². The number of nitrogens with zero attached hydrogens (tertiary/aromatic N) is 1. The summed E-state index contributed by atoms with van der Waals surface area (Å²) in [4.78, 5) is 2.37. The maximum Gasteiger partial charge on any atom is 0.134 e. The van der Waals surface area contributed by atoms with Crippen molar-refractivity contribution in [3.8, 4) is 0 Å². The highest BCUT2D eigenvalue weighted by atomic mass is 16.3. The van der Waals surface area contributed by atoms with Crippen molar-refractivity contribution in [2.24, 2.45) is 5.41 Å². The van der Waals surface area contributed by atoms with Crippen LogP contribution in [0.2, 0.25) is 0 Å². The van der Waals surface area contributed by atoms with Gasteiger partial charge in [-0.2, -0.15) is 0 Å². The Bertz CT molecular complexity index is 595. The first-order chi connectivity index (χ1) is 9.84. The highest BCUT2D eigenvalue weighted by Crippen LogP contribution is 2.29. The lowest BCUT2D eigenvalue weighted by molar-refractivity contribution is 0.127. The summed E-state index contributed by atoms with van der Waals surface area (Å²) in [5, 5.41) is 4.48. The van der Waals surface area contributed by atoms with Crippen LogP contribution in [0.4, 0.5) is 0 Å². The predicted molar refractivity (Wildman–Crippen MR) is 89.4 cm³/mol. The van der Waals surface area contributed by atoms with E-state index in [0.717, 1.165) is 24.4 Å². The molecule has 0 amide bonds. The fourth-order valence-electron chi connectivity index (χ4n) is 2.67. The lowest BCUT2D eigenvalue weighted by atomic mass is 9.87. The molecule has 0 radical (unpaired) electrons. The van der Waals surface area contributed by atoms with Crippen LogP contribution < -0.4 is 5.32 Å². The van der Waals surface area contributed by atoms with Crippen molar-refractivity contribution in [1.82, 2.24) is 10.2 Å². The quantitative estimate of drug-likeness (QED) is 0.901. The number of nitrogens with one attached hydrogen (secondary N) is 1. The SMILES string of the molecule is CNCc1c(CN(C)C(C)C(C)(C)C)oc2ccccc12. The Balaban J connectivity index is 2.31. The van der Waals surface area contributed by atoms with Crippen LogP contribution in [0.15, 0.2) is 28.7 Å². The van der Waals surface area contributed by atoms with Crippen molar-refractivity contribution in [3.05, 3.63) is 35.6 Å². The summed E-state index contributed by atoms with van der Waals surface area (Å²) in [6.07, 6.45) is 0. The Hall–Kier alpha value is -1.32. The second-order valence-corrected chi connectivity index (χ2v) is 6.99. The molecule has 3 heteroatoms. The monoisotopic (exact) mass is 288 g/mol. The van der Waals surface area contributed by atoms with Crippen LogP contribution in [-0.2, 0) is 13.1 Å². The number of hydrogen-bond acceptors (Lipinski definition) is 3. The van der Waals surface area contributed by atoms with Gasteiger partial charge in [-0.15, -0.1) is 0 Å². The van der Waals surface area contributed by atoms with Crippen molar-refractivity contribution in [3.63, 3.8) is 0 Å². The standard InChI is InChI=1S/C18H28N2O/c1-13(18(2,3)4)20(6)12-17-15(11-19-5)14-9-7-8-10-16(14)21-17/h7-10,13,19H,11-12H2,1-6H3. The molecule has 0 aliphatic rings. The van der Waals surface area contributed by atoms with E-state index in [0.29, 0.717) is 6.04 Å². The minimum Gasteiger partial charge on any atom is -0.459 e. The van der Waals surface area contributed by atoms with Gasteiger partial charge in [-0.1, -0.05) is 39.0 Å². The van der Waals surface area contributed by atoms with Crippen LogP contribution in [0.25, 0.3) is 11.0 Å². The fraction of sp³-hybridized carbons (Fsp3) is 0.556. The molecule has 116 valence electrons. The summed E-state index contributed by atoms with van der Waals surface area (Å²) >= 11 is 0. The molecule has 1 heterocycles. The van der Waals surface area contributed by atoms with Gasteiger partial charge in [0, 0.05) is 23.5 Å². The Labute approximate surface area is 128 Å². The molecule has 1 aromatic carbocycles. The Morgan fingerprint density at radius 3 is 2.52 bits per heavy atom. The zero-order chi connectivity index (χ0) is 15.6. The number of para-hydroxylation sites is 1. The second kappa shape index (κ2) is 6.20. The molecular weight excluding hydrogens is 260 g/mol. The van der Waals surface area contributed by atoms with E-state index in [1.165, 1.54) is 10.9 Å². The molecule has 0 saturated carbocycles. The van der Waals surface area contributed by atoms with E-state index in [2.05, 4.69) is 57.1 Å². The third kappa shape index (κ3) is 3.47. The summed E-state index contributed by atoms with van der Waals surface area (Å²) in [7, 11) is 4.15. The molecule has 2 aromatic rings. The van der Waals surface area contributed by atoms with Crippen molar-refractivity contribution in [2.45, 2.75) is 46.8 Å². The zero-order valence-corrected chi connectivity index (χ0v) is 14.2. The van der Waals surface area contributed by atoms with Gasteiger partial charge in [0.05, 0.1) is 6.54 Å². The van der Waals surface area contributed by atoms with Gasteiger partial charge in [0.15, 0.2) is 0 Å². The van der Waals surface area contributed by atoms with Gasteiger partial charge in [0.2, 0.25) is 0 Å². The summed E-state index contributed by atoms with van der Waals surface area (Å²) in [5.41, 5.74) is 2.51. The fourth-order valence-corrected chi connectivity index (χ4v) is 2.67. The molecule has 1 N–H and O–H groups in total. The van der Waals surface area contributed by atoms with Crippen LogP contribution >= 0.6 is 0 Å². The van der Waals surface area contributed by atoms with E-state index in [9.17, 15) is 0 Å². The summed E-state index contributed by atoms with van der Waals surface area (Å²) in [6, 6.07) is 8.77. The van der Waals surface area contributed by atoms with Gasteiger partial charge in [-0.05, 0) is 32.5 Å². The molecule has 0 bridgehead atoms. The minimum absolute atomic E-state index is 0.254. The topological polar surface area (TPSA) is 28.4 Å². The Morgan fingerprint density at radius 1 is 1.24 bits per heavy atom. The number of fused-ring (bicyclic) bond motifs is 1. The molecule has 1 unspecified atom stereocenters. The van der Waals surface area contributed by atoms with Gasteiger partial charge in [-0.25, -0.2) is 0 Å². The van der Waals surface area contributed by atoms with Gasteiger partial charge < -0.3 is 9.73 Å². The maximum absolute atomic E-state index is 6.10. The smallest absolute Gasteiger partial charge is 0.134 e. The Morgan fingerprint density at radius 2 is 1.90 bits per heavy atom. The van der Waals surface area contributed by atoms with Crippen LogP contribution in [0, 0.1) is 5.41 Å². The number of furan rings is 1. The van der Waals surface area contributed by atoms with Crippen LogP contribution in [0.3, 0.4) is 0 Å². The minimum atomic E-state index is 0.254. The summed E-state index contributed by atoms with van der Waals surface area (Å²) in [5.74, 6) is 1.07. The zero-order valence-electron chi connectivity index (χ0n) is 14.2. The summed E-state index contributed by atoms with van der Waals surface area (Å²) in [6.45, 7) is 10.8. The van der Waals surface area contributed by atoms with Gasteiger partial charge in [0.25, 0.3) is 0 Å². The van der Waals surface area contributed by atoms with E-state index in [1.807, 2.05) is 19.2 Å². The highest BCUT2D eigenvalue weighted by Gasteiger charge is 2.25. The van der Waals surface area contributed by atoms with Gasteiger partial charge in [0.1, 0.15) is 11.3 Å². The molecule has 21 heavy (non-hydrogen) atoms. The molecule has 2 rings (SSSR count). The highest BCUT2D eigenvalue weighted by molar-refractivity contribution is 5.82. The number of hydrogen-bond donors (Lipinski definition) is 1. The molecule has 0 aliphatic heterocycles. The lowest BCUT2D eigenvalue weighted by Gasteiger charge is -2.35. The largest absolute Gasteiger partial charge is 0.459 e. The van der Waals surface area contributed by atoms with Crippen molar-refractivity contribution >= 4 is 11.0 Å². The number of benzene rings is 1. The average Bonchev–Trinajstić information content (AvgIpc) is 2.75. The van der Waals surface area contributed by atoms with Crippen LogP contribution in [0.1, 0.15) is 39.0 Å². The van der Waals surface area contributed by atoms with Crippen molar-refractivity contribution < 1.29 is 4.42 Å².